The van der Waals surface area contributed by atoms with Gasteiger partial charge in [-0.2, -0.15) is 0 Å². The van der Waals surface area contributed by atoms with E-state index in [1.807, 2.05) is 0 Å². The Balaban J connectivity index is 2.83. The summed E-state index contributed by atoms with van der Waals surface area (Å²) in [6, 6.07) is 3.95. The van der Waals surface area contributed by atoms with Gasteiger partial charge < -0.3 is 14.9 Å². The van der Waals surface area contributed by atoms with Crippen molar-refractivity contribution in [3.8, 4) is 5.75 Å². The first kappa shape index (κ1) is 13.5. The zero-order chi connectivity index (χ0) is 13.0. The highest BCUT2D eigenvalue weighted by atomic mass is 35.5. The first-order valence-corrected chi connectivity index (χ1v) is 5.11. The van der Waals surface area contributed by atoms with Gasteiger partial charge >= 0.3 is 5.97 Å². The van der Waals surface area contributed by atoms with Crippen molar-refractivity contribution in [1.29, 1.82) is 0 Å². The molecule has 0 heterocycles. The van der Waals surface area contributed by atoms with Crippen molar-refractivity contribution in [2.75, 3.05) is 7.11 Å². The van der Waals surface area contributed by atoms with Crippen molar-refractivity contribution in [2.45, 2.75) is 12.5 Å². The molecular formula is C11H11ClO5. The lowest BCUT2D eigenvalue weighted by atomic mass is 10.0. The summed E-state index contributed by atoms with van der Waals surface area (Å²) in [5.74, 6) is -1.75. The zero-order valence-electron chi connectivity index (χ0n) is 9.01. The third kappa shape index (κ3) is 3.44. The van der Waals surface area contributed by atoms with E-state index in [-0.39, 0.29) is 16.3 Å². The fourth-order valence-corrected chi connectivity index (χ4v) is 1.41. The van der Waals surface area contributed by atoms with Crippen molar-refractivity contribution in [3.05, 3.63) is 28.8 Å². The largest absolute Gasteiger partial charge is 0.507 e. The molecule has 0 spiro atoms. The molecule has 2 N–H and O–H groups in total. The number of ether oxygens (including phenoxy) is 1. The van der Waals surface area contributed by atoms with E-state index in [4.69, 9.17) is 11.6 Å². The van der Waals surface area contributed by atoms with E-state index in [0.717, 1.165) is 7.11 Å². The summed E-state index contributed by atoms with van der Waals surface area (Å²) < 4.78 is 4.27. The van der Waals surface area contributed by atoms with E-state index in [1.165, 1.54) is 18.2 Å². The van der Waals surface area contributed by atoms with Gasteiger partial charge in [0.25, 0.3) is 0 Å². The molecule has 92 valence electrons. The summed E-state index contributed by atoms with van der Waals surface area (Å²) in [5, 5.41) is 19.0. The van der Waals surface area contributed by atoms with Crippen LogP contribution in [0.2, 0.25) is 5.02 Å². The standard InChI is InChI=1S/C11H11ClO5/c1-17-11(16)10(15)5-9(14)7-4-6(12)2-3-8(7)13/h2-4,10,13,15H,5H2,1H3/t10-/m0/s1. The van der Waals surface area contributed by atoms with Gasteiger partial charge in [-0.3, -0.25) is 4.79 Å². The van der Waals surface area contributed by atoms with E-state index in [9.17, 15) is 19.8 Å². The van der Waals surface area contributed by atoms with Gasteiger partial charge in [0.2, 0.25) is 0 Å². The topological polar surface area (TPSA) is 83.8 Å². The van der Waals surface area contributed by atoms with Crippen LogP contribution in [0.5, 0.6) is 5.75 Å². The number of hydrogen-bond donors (Lipinski definition) is 2. The quantitative estimate of drug-likeness (QED) is 0.625. The Kier molecular flexibility index (Phi) is 4.48. The Morgan fingerprint density at radius 1 is 1.47 bits per heavy atom. The van der Waals surface area contributed by atoms with Crippen LogP contribution < -0.4 is 0 Å². The zero-order valence-corrected chi connectivity index (χ0v) is 9.77. The van der Waals surface area contributed by atoms with Gasteiger partial charge in [0, 0.05) is 11.4 Å². The maximum absolute atomic E-state index is 11.7. The van der Waals surface area contributed by atoms with Gasteiger partial charge in [0.1, 0.15) is 5.75 Å². The molecule has 5 nitrogen and oxygen atoms in total. The van der Waals surface area contributed by atoms with Crippen LogP contribution in [0, 0.1) is 0 Å². The van der Waals surface area contributed by atoms with Crippen molar-refractivity contribution < 1.29 is 24.5 Å². The molecule has 1 aromatic rings. The molecular weight excluding hydrogens is 248 g/mol. The van der Waals surface area contributed by atoms with Crippen LogP contribution in [0.1, 0.15) is 16.8 Å². The molecule has 0 amide bonds. The number of benzene rings is 1. The lowest BCUT2D eigenvalue weighted by molar-refractivity contribution is -0.150. The Morgan fingerprint density at radius 2 is 2.12 bits per heavy atom. The Labute approximate surface area is 103 Å². The highest BCUT2D eigenvalue weighted by Crippen LogP contribution is 2.23. The van der Waals surface area contributed by atoms with Crippen molar-refractivity contribution in [1.82, 2.24) is 0 Å². The van der Waals surface area contributed by atoms with Crippen LogP contribution in [-0.4, -0.2) is 35.2 Å². The van der Waals surface area contributed by atoms with Crippen LogP contribution in [-0.2, 0) is 9.53 Å². The minimum absolute atomic E-state index is 0.0412. The Hall–Kier alpha value is -1.59. The molecule has 0 aliphatic rings. The molecule has 0 fully saturated rings. The number of phenolic OH excluding ortho intramolecular Hbond substituents is 1. The minimum Gasteiger partial charge on any atom is -0.507 e. The number of aliphatic hydroxyl groups excluding tert-OH is 1. The minimum atomic E-state index is -1.55. The molecule has 0 bridgehead atoms. The molecule has 0 radical (unpaired) electrons. The second-order valence-corrected chi connectivity index (χ2v) is 3.76. The third-order valence-corrected chi connectivity index (χ3v) is 2.35. The number of hydrogen-bond acceptors (Lipinski definition) is 5. The molecule has 0 aromatic heterocycles. The molecule has 0 saturated heterocycles. The van der Waals surface area contributed by atoms with Gasteiger partial charge in [-0.1, -0.05) is 11.6 Å². The predicted octanol–water partition coefficient (Wildman–Crippen LogP) is 1.15. The Morgan fingerprint density at radius 3 is 2.71 bits per heavy atom. The van der Waals surface area contributed by atoms with Gasteiger partial charge in [-0.05, 0) is 18.2 Å². The first-order valence-electron chi connectivity index (χ1n) is 4.73. The van der Waals surface area contributed by atoms with E-state index < -0.39 is 24.3 Å². The van der Waals surface area contributed by atoms with Gasteiger partial charge in [0.05, 0.1) is 12.7 Å². The molecule has 0 aliphatic carbocycles. The fourth-order valence-electron chi connectivity index (χ4n) is 1.24. The molecule has 1 rings (SSSR count). The normalized spacial score (nSPS) is 11.9. The second kappa shape index (κ2) is 5.65. The SMILES string of the molecule is COC(=O)[C@@H](O)CC(=O)c1cc(Cl)ccc1O. The number of halogens is 1. The van der Waals surface area contributed by atoms with Crippen LogP contribution in [0.3, 0.4) is 0 Å². The van der Waals surface area contributed by atoms with Crippen LogP contribution in [0.4, 0.5) is 0 Å². The molecule has 0 saturated carbocycles. The molecule has 6 heteroatoms. The summed E-state index contributed by atoms with van der Waals surface area (Å²) >= 11 is 5.67. The summed E-state index contributed by atoms with van der Waals surface area (Å²) in [6.45, 7) is 0. The monoisotopic (exact) mass is 258 g/mol. The van der Waals surface area contributed by atoms with E-state index in [2.05, 4.69) is 4.74 Å². The smallest absolute Gasteiger partial charge is 0.335 e. The van der Waals surface area contributed by atoms with Crippen LogP contribution in [0.15, 0.2) is 18.2 Å². The Bertz CT molecular complexity index is 443. The second-order valence-electron chi connectivity index (χ2n) is 3.33. The maximum Gasteiger partial charge on any atom is 0.335 e. The van der Waals surface area contributed by atoms with Crippen LogP contribution >= 0.6 is 11.6 Å². The van der Waals surface area contributed by atoms with Gasteiger partial charge in [-0.15, -0.1) is 0 Å². The van der Waals surface area contributed by atoms with E-state index in [0.29, 0.717) is 0 Å². The lowest BCUT2D eigenvalue weighted by Gasteiger charge is -2.08. The molecule has 1 aromatic carbocycles. The molecule has 0 unspecified atom stereocenters. The number of phenols is 1. The number of Topliss-reactive ketones (excluding diaryl/α,β-unsaturated/α-hetero) is 1. The van der Waals surface area contributed by atoms with Gasteiger partial charge in [0.15, 0.2) is 11.9 Å². The van der Waals surface area contributed by atoms with E-state index in [1.54, 1.807) is 0 Å². The number of rotatable bonds is 4. The molecule has 0 aliphatic heterocycles. The highest BCUT2D eigenvalue weighted by molar-refractivity contribution is 6.31. The van der Waals surface area contributed by atoms with Crippen molar-refractivity contribution in [3.63, 3.8) is 0 Å². The predicted molar refractivity (Wildman–Crippen MR) is 60.1 cm³/mol. The summed E-state index contributed by atoms with van der Waals surface area (Å²) in [4.78, 5) is 22.6. The average molecular weight is 259 g/mol. The molecule has 17 heavy (non-hydrogen) atoms. The summed E-state index contributed by atoms with van der Waals surface area (Å²) in [5.41, 5.74) is -0.0412. The average Bonchev–Trinajstić information content (AvgIpc) is 2.30. The number of aromatic hydroxyl groups is 1. The summed E-state index contributed by atoms with van der Waals surface area (Å²) in [7, 11) is 1.10. The number of carbonyl (C=O) groups is 2. The number of aliphatic hydroxyl groups is 1. The number of esters is 1. The lowest BCUT2D eigenvalue weighted by Crippen LogP contribution is -2.25. The number of ketones is 1. The van der Waals surface area contributed by atoms with Crippen molar-refractivity contribution in [2.24, 2.45) is 0 Å². The molecule has 1 atom stereocenters. The number of methoxy groups -OCH3 is 1. The first-order chi connectivity index (χ1) is 7.95. The fraction of sp³-hybridized carbons (Fsp3) is 0.273. The maximum atomic E-state index is 11.7. The van der Waals surface area contributed by atoms with E-state index >= 15 is 0 Å². The van der Waals surface area contributed by atoms with Crippen molar-refractivity contribution >= 4 is 23.4 Å². The van der Waals surface area contributed by atoms with Gasteiger partial charge in [-0.25, -0.2) is 4.79 Å². The third-order valence-electron chi connectivity index (χ3n) is 2.11. The van der Waals surface area contributed by atoms with Crippen LogP contribution in [0.25, 0.3) is 0 Å². The summed E-state index contributed by atoms with van der Waals surface area (Å²) in [6.07, 6.45) is -2.02. The highest BCUT2D eigenvalue weighted by Gasteiger charge is 2.22. The number of carbonyl (C=O) groups excluding carboxylic acids is 2.